The molecule has 0 radical (unpaired) electrons. The average molecular weight is 234 g/mol. The van der Waals surface area contributed by atoms with Gasteiger partial charge in [0.1, 0.15) is 5.67 Å². The number of piperidine rings is 1. The molecule has 1 aliphatic carbocycles. The van der Waals surface area contributed by atoms with Crippen LogP contribution < -0.4 is 5.73 Å². The van der Waals surface area contributed by atoms with E-state index in [0.29, 0.717) is 13.0 Å². The van der Waals surface area contributed by atoms with Crippen LogP contribution in [0.3, 0.4) is 0 Å². The van der Waals surface area contributed by atoms with Gasteiger partial charge in [-0.3, -0.25) is 4.90 Å². The van der Waals surface area contributed by atoms with Crippen molar-refractivity contribution < 1.29 is 4.39 Å². The van der Waals surface area contributed by atoms with Gasteiger partial charge < -0.3 is 5.73 Å². The predicted octanol–water partition coefficient (Wildman–Crippen LogP) is 1.81. The van der Waals surface area contributed by atoms with Gasteiger partial charge in [0, 0.05) is 31.5 Å². The Morgan fingerprint density at radius 1 is 1.24 bits per heavy atom. The number of hydrogen-bond acceptors (Lipinski definition) is 2. The highest BCUT2D eigenvalue weighted by Gasteiger charge is 2.68. The molecule has 1 aromatic carbocycles. The van der Waals surface area contributed by atoms with E-state index in [2.05, 4.69) is 29.2 Å². The summed E-state index contributed by atoms with van der Waals surface area (Å²) < 4.78 is 14.2. The van der Waals surface area contributed by atoms with Gasteiger partial charge in [-0.2, -0.15) is 0 Å². The third-order valence-corrected chi connectivity index (χ3v) is 4.30. The summed E-state index contributed by atoms with van der Waals surface area (Å²) in [4.78, 5) is 2.36. The molecule has 2 aliphatic rings. The smallest absolute Gasteiger partial charge is 0.121 e. The minimum Gasteiger partial charge on any atom is -0.330 e. The van der Waals surface area contributed by atoms with Crippen molar-refractivity contribution in [3.05, 3.63) is 35.9 Å². The van der Waals surface area contributed by atoms with Crippen LogP contribution in [0.1, 0.15) is 12.0 Å². The van der Waals surface area contributed by atoms with Crippen LogP contribution in [0.25, 0.3) is 0 Å². The fourth-order valence-electron chi connectivity index (χ4n) is 3.32. The molecule has 3 rings (SSSR count). The van der Waals surface area contributed by atoms with Crippen molar-refractivity contribution in [3.8, 4) is 0 Å². The fourth-order valence-corrected chi connectivity index (χ4v) is 3.32. The molecule has 2 atom stereocenters. The Morgan fingerprint density at radius 2 is 1.88 bits per heavy atom. The normalized spacial score (nSPS) is 35.9. The molecule has 0 bridgehead atoms. The molecule has 2 unspecified atom stereocenters. The lowest BCUT2D eigenvalue weighted by atomic mass is 10.1. The molecule has 17 heavy (non-hydrogen) atoms. The van der Waals surface area contributed by atoms with Gasteiger partial charge in [0.15, 0.2) is 0 Å². The van der Waals surface area contributed by atoms with E-state index in [1.165, 1.54) is 5.56 Å². The molecule has 2 nitrogen and oxygen atoms in total. The molecule has 0 amide bonds. The maximum atomic E-state index is 14.2. The molecule has 0 spiro atoms. The summed E-state index contributed by atoms with van der Waals surface area (Å²) in [6.45, 7) is 3.22. The van der Waals surface area contributed by atoms with Crippen molar-refractivity contribution in [3.63, 3.8) is 0 Å². The summed E-state index contributed by atoms with van der Waals surface area (Å²) in [6.07, 6.45) is 0.543. The quantitative estimate of drug-likeness (QED) is 0.861. The Morgan fingerprint density at radius 3 is 2.47 bits per heavy atom. The van der Waals surface area contributed by atoms with Crippen molar-refractivity contribution >= 4 is 0 Å². The van der Waals surface area contributed by atoms with Crippen LogP contribution in [0.2, 0.25) is 0 Å². The molecule has 3 heteroatoms. The van der Waals surface area contributed by atoms with Crippen LogP contribution >= 0.6 is 0 Å². The van der Waals surface area contributed by atoms with Crippen LogP contribution in [0.4, 0.5) is 4.39 Å². The summed E-state index contributed by atoms with van der Waals surface area (Å²) in [7, 11) is 0. The third kappa shape index (κ3) is 1.87. The SMILES string of the molecule is NCCC1(F)C2CN(Cc3ccccc3)CC21. The number of hydrogen-bond donors (Lipinski definition) is 1. The monoisotopic (exact) mass is 234 g/mol. The number of rotatable bonds is 4. The second-order valence-electron chi connectivity index (χ2n) is 5.36. The lowest BCUT2D eigenvalue weighted by Gasteiger charge is -2.21. The number of alkyl halides is 1. The van der Waals surface area contributed by atoms with E-state index in [4.69, 9.17) is 5.73 Å². The van der Waals surface area contributed by atoms with E-state index in [-0.39, 0.29) is 11.8 Å². The van der Waals surface area contributed by atoms with Crippen molar-refractivity contribution in [1.29, 1.82) is 0 Å². The van der Waals surface area contributed by atoms with Crippen molar-refractivity contribution in [2.45, 2.75) is 18.6 Å². The summed E-state index contributed by atoms with van der Waals surface area (Å²) in [5, 5.41) is 0. The second-order valence-corrected chi connectivity index (χ2v) is 5.36. The fraction of sp³-hybridized carbons (Fsp3) is 0.571. The molecule has 1 saturated heterocycles. The highest BCUT2D eigenvalue weighted by atomic mass is 19.1. The Kier molecular flexibility index (Phi) is 2.68. The lowest BCUT2D eigenvalue weighted by Crippen LogP contribution is -2.30. The zero-order valence-corrected chi connectivity index (χ0v) is 9.98. The van der Waals surface area contributed by atoms with E-state index in [0.717, 1.165) is 19.6 Å². The van der Waals surface area contributed by atoms with Gasteiger partial charge in [0.2, 0.25) is 0 Å². The average Bonchev–Trinajstić information content (AvgIpc) is 2.73. The Labute approximate surface area is 102 Å². The zero-order chi connectivity index (χ0) is 11.9. The number of fused-ring (bicyclic) bond motifs is 1. The lowest BCUT2D eigenvalue weighted by molar-refractivity contribution is 0.172. The van der Waals surface area contributed by atoms with Crippen molar-refractivity contribution in [2.24, 2.45) is 17.6 Å². The molecule has 1 aliphatic heterocycles. The van der Waals surface area contributed by atoms with Crippen LogP contribution in [0.15, 0.2) is 30.3 Å². The molecule has 0 aromatic heterocycles. The van der Waals surface area contributed by atoms with E-state index in [9.17, 15) is 4.39 Å². The van der Waals surface area contributed by atoms with E-state index in [1.54, 1.807) is 0 Å². The highest BCUT2D eigenvalue weighted by Crippen LogP contribution is 2.60. The number of nitrogens with zero attached hydrogens (tertiary/aromatic N) is 1. The first-order valence-electron chi connectivity index (χ1n) is 6.39. The highest BCUT2D eigenvalue weighted by molar-refractivity contribution is 5.20. The van der Waals surface area contributed by atoms with Gasteiger partial charge in [-0.15, -0.1) is 0 Å². The number of nitrogens with two attached hydrogens (primary N) is 1. The van der Waals surface area contributed by atoms with Gasteiger partial charge in [-0.1, -0.05) is 30.3 Å². The summed E-state index contributed by atoms with van der Waals surface area (Å²) >= 11 is 0. The largest absolute Gasteiger partial charge is 0.330 e. The summed E-state index contributed by atoms with van der Waals surface area (Å²) in [5.74, 6) is 0.490. The summed E-state index contributed by atoms with van der Waals surface area (Å²) in [5.41, 5.74) is 5.85. The maximum absolute atomic E-state index is 14.2. The first kappa shape index (κ1) is 11.2. The van der Waals surface area contributed by atoms with Crippen LogP contribution in [-0.4, -0.2) is 30.2 Å². The first-order valence-corrected chi connectivity index (χ1v) is 6.39. The van der Waals surface area contributed by atoms with Crippen molar-refractivity contribution in [1.82, 2.24) is 4.90 Å². The third-order valence-electron chi connectivity index (χ3n) is 4.30. The van der Waals surface area contributed by atoms with Gasteiger partial charge >= 0.3 is 0 Å². The maximum Gasteiger partial charge on any atom is 0.121 e. The van der Waals surface area contributed by atoms with Gasteiger partial charge in [0.05, 0.1) is 0 Å². The zero-order valence-electron chi connectivity index (χ0n) is 9.98. The van der Waals surface area contributed by atoms with Crippen LogP contribution in [-0.2, 0) is 6.54 Å². The van der Waals surface area contributed by atoms with Crippen LogP contribution in [0, 0.1) is 11.8 Å². The van der Waals surface area contributed by atoms with E-state index < -0.39 is 5.67 Å². The Hall–Kier alpha value is -0.930. The minimum absolute atomic E-state index is 0.245. The van der Waals surface area contributed by atoms with Crippen molar-refractivity contribution in [2.75, 3.05) is 19.6 Å². The van der Waals surface area contributed by atoms with Gasteiger partial charge in [0.25, 0.3) is 0 Å². The molecule has 1 aromatic rings. The molecule has 1 saturated carbocycles. The van der Waals surface area contributed by atoms with E-state index >= 15 is 0 Å². The van der Waals surface area contributed by atoms with Crippen LogP contribution in [0.5, 0.6) is 0 Å². The first-order chi connectivity index (χ1) is 8.24. The van der Waals surface area contributed by atoms with Gasteiger partial charge in [-0.05, 0) is 18.5 Å². The molecule has 2 N–H and O–H groups in total. The van der Waals surface area contributed by atoms with Gasteiger partial charge in [-0.25, -0.2) is 4.39 Å². The molecule has 2 fully saturated rings. The minimum atomic E-state index is -0.929. The second kappa shape index (κ2) is 4.07. The Balaban J connectivity index is 1.56. The summed E-state index contributed by atoms with van der Waals surface area (Å²) in [6, 6.07) is 10.4. The standard InChI is InChI=1S/C14H19FN2/c15-14(6-7-16)12-9-17(10-13(12)14)8-11-4-2-1-3-5-11/h1-5,12-13H,6-10,16H2. The van der Waals surface area contributed by atoms with E-state index in [1.807, 2.05) is 6.07 Å². The topological polar surface area (TPSA) is 29.3 Å². The number of halogens is 1. The Bertz CT molecular complexity index is 380. The molecular weight excluding hydrogens is 215 g/mol. The molecular formula is C14H19FN2. The molecule has 92 valence electrons. The number of likely N-dealkylation sites (tertiary alicyclic amines) is 1. The predicted molar refractivity (Wildman–Crippen MR) is 66.2 cm³/mol. The molecule has 1 heterocycles. The number of benzene rings is 1.